The molecule has 2 aromatic heterocycles. The third-order valence-electron chi connectivity index (χ3n) is 5.45. The molecule has 1 aliphatic heterocycles. The number of fused-ring (bicyclic) bond motifs is 3. The first kappa shape index (κ1) is 19.1. The van der Waals surface area contributed by atoms with Crippen molar-refractivity contribution in [2.24, 2.45) is 0 Å². The van der Waals surface area contributed by atoms with Gasteiger partial charge in [0, 0.05) is 18.5 Å². The molecule has 0 aliphatic carbocycles. The maximum Gasteiger partial charge on any atom is 0.240 e. The number of thioether (sulfide) groups is 1. The molecule has 0 radical (unpaired) electrons. The van der Waals surface area contributed by atoms with Gasteiger partial charge in [0.2, 0.25) is 5.91 Å². The van der Waals surface area contributed by atoms with E-state index >= 15 is 0 Å². The number of ether oxygens (including phenoxy) is 1. The zero-order chi connectivity index (χ0) is 20.5. The van der Waals surface area contributed by atoms with Crippen LogP contribution in [0, 0.1) is 6.92 Å². The van der Waals surface area contributed by atoms with E-state index in [0.717, 1.165) is 32.8 Å². The van der Waals surface area contributed by atoms with Crippen molar-refractivity contribution in [1.82, 2.24) is 19.5 Å². The Hall–Kier alpha value is -2.90. The van der Waals surface area contributed by atoms with Crippen molar-refractivity contribution in [2.75, 3.05) is 26.3 Å². The van der Waals surface area contributed by atoms with Crippen LogP contribution in [0.3, 0.4) is 0 Å². The molecule has 1 unspecified atom stereocenters. The summed E-state index contributed by atoms with van der Waals surface area (Å²) in [5.74, 6) is 0.0858. The van der Waals surface area contributed by atoms with Crippen LogP contribution in [0.25, 0.3) is 16.6 Å². The largest absolute Gasteiger partial charge is 0.378 e. The number of para-hydroxylation sites is 1. The van der Waals surface area contributed by atoms with Gasteiger partial charge in [0.1, 0.15) is 5.25 Å². The third-order valence-corrected chi connectivity index (χ3v) is 6.63. The zero-order valence-electron chi connectivity index (χ0n) is 16.7. The standard InChI is InChI=1S/C23H22N4O2S/c1-16-15-20-24-25-23(27(20)19-10-6-5-9-18(16)19)30-21(17-7-3-2-4-8-17)22(28)26-11-13-29-14-12-26/h2-10,15,21H,11-14H2,1H3. The number of hydrogen-bond donors (Lipinski definition) is 0. The molecule has 152 valence electrons. The molecule has 5 rings (SSSR count). The van der Waals surface area contributed by atoms with Crippen molar-refractivity contribution in [1.29, 1.82) is 0 Å². The number of carbonyl (C=O) groups excluding carboxylic acids is 1. The van der Waals surface area contributed by atoms with Gasteiger partial charge >= 0.3 is 0 Å². The lowest BCUT2D eigenvalue weighted by Gasteiger charge is -2.30. The van der Waals surface area contributed by atoms with Gasteiger partial charge in [0.05, 0.1) is 18.7 Å². The Bertz CT molecular complexity index is 1200. The number of nitrogens with zero attached hydrogens (tertiary/aromatic N) is 4. The van der Waals surface area contributed by atoms with Crippen LogP contribution in [-0.4, -0.2) is 51.7 Å². The first-order valence-electron chi connectivity index (χ1n) is 10.0. The molecule has 1 saturated heterocycles. The number of aryl methyl sites for hydroxylation is 1. The predicted molar refractivity (Wildman–Crippen MR) is 118 cm³/mol. The quantitative estimate of drug-likeness (QED) is 0.471. The summed E-state index contributed by atoms with van der Waals surface area (Å²) in [4.78, 5) is 15.4. The minimum atomic E-state index is -0.392. The number of hydrogen-bond acceptors (Lipinski definition) is 5. The topological polar surface area (TPSA) is 59.7 Å². The summed E-state index contributed by atoms with van der Waals surface area (Å²) < 4.78 is 7.48. The second-order valence-corrected chi connectivity index (χ2v) is 8.44. The van der Waals surface area contributed by atoms with Crippen LogP contribution in [0.1, 0.15) is 16.4 Å². The van der Waals surface area contributed by atoms with Crippen molar-refractivity contribution in [3.63, 3.8) is 0 Å². The SMILES string of the molecule is Cc1cc2nnc(SC(C(=O)N3CCOCC3)c3ccccc3)n2c2ccccc12. The number of aromatic nitrogens is 3. The summed E-state index contributed by atoms with van der Waals surface area (Å²) in [7, 11) is 0. The molecule has 0 N–H and O–H groups in total. The zero-order valence-corrected chi connectivity index (χ0v) is 17.5. The Morgan fingerprint density at radius 3 is 2.57 bits per heavy atom. The second kappa shape index (κ2) is 8.08. The highest BCUT2D eigenvalue weighted by atomic mass is 32.2. The fraction of sp³-hybridized carbons (Fsp3) is 0.261. The van der Waals surface area contributed by atoms with Crippen molar-refractivity contribution in [2.45, 2.75) is 17.3 Å². The minimum Gasteiger partial charge on any atom is -0.378 e. The van der Waals surface area contributed by atoms with E-state index in [1.807, 2.05) is 53.4 Å². The fourth-order valence-electron chi connectivity index (χ4n) is 3.89. The molecule has 2 aromatic carbocycles. The Balaban J connectivity index is 1.59. The monoisotopic (exact) mass is 418 g/mol. The van der Waals surface area contributed by atoms with Gasteiger partial charge in [-0.05, 0) is 30.2 Å². The van der Waals surface area contributed by atoms with E-state index < -0.39 is 5.25 Å². The summed E-state index contributed by atoms with van der Waals surface area (Å²) >= 11 is 1.46. The maximum absolute atomic E-state index is 13.5. The lowest BCUT2D eigenvalue weighted by molar-refractivity contribution is -0.134. The molecule has 7 heteroatoms. The van der Waals surface area contributed by atoms with Crippen LogP contribution in [0.5, 0.6) is 0 Å². The average molecular weight is 419 g/mol. The molecule has 1 atom stereocenters. The van der Waals surface area contributed by atoms with Gasteiger partial charge in [0.25, 0.3) is 0 Å². The van der Waals surface area contributed by atoms with Crippen LogP contribution in [0.4, 0.5) is 0 Å². The molecule has 1 fully saturated rings. The molecule has 3 heterocycles. The van der Waals surface area contributed by atoms with Crippen LogP contribution >= 0.6 is 11.8 Å². The molecule has 30 heavy (non-hydrogen) atoms. The van der Waals surface area contributed by atoms with Crippen molar-refractivity contribution in [3.8, 4) is 0 Å². The van der Waals surface area contributed by atoms with Gasteiger partial charge in [-0.15, -0.1) is 10.2 Å². The van der Waals surface area contributed by atoms with Crippen molar-refractivity contribution >= 4 is 34.2 Å². The number of rotatable bonds is 4. The molecule has 4 aromatic rings. The van der Waals surface area contributed by atoms with Crippen LogP contribution in [0.2, 0.25) is 0 Å². The van der Waals surface area contributed by atoms with Gasteiger partial charge in [-0.25, -0.2) is 0 Å². The first-order chi connectivity index (χ1) is 14.7. The molecule has 6 nitrogen and oxygen atoms in total. The van der Waals surface area contributed by atoms with Crippen LogP contribution in [0.15, 0.2) is 65.8 Å². The number of pyridine rings is 1. The fourth-order valence-corrected chi connectivity index (χ4v) is 5.03. The van der Waals surface area contributed by atoms with Crippen LogP contribution < -0.4 is 0 Å². The average Bonchev–Trinajstić information content (AvgIpc) is 3.21. The highest BCUT2D eigenvalue weighted by Crippen LogP contribution is 2.37. The molecular weight excluding hydrogens is 396 g/mol. The second-order valence-electron chi connectivity index (χ2n) is 7.37. The highest BCUT2D eigenvalue weighted by Gasteiger charge is 2.30. The Morgan fingerprint density at radius 2 is 1.77 bits per heavy atom. The molecule has 1 amide bonds. The van der Waals surface area contributed by atoms with Crippen LogP contribution in [-0.2, 0) is 9.53 Å². The van der Waals surface area contributed by atoms with E-state index in [1.165, 1.54) is 11.8 Å². The first-order valence-corrected chi connectivity index (χ1v) is 10.9. The molecule has 0 bridgehead atoms. The van der Waals surface area contributed by atoms with E-state index in [-0.39, 0.29) is 5.91 Å². The summed E-state index contributed by atoms with van der Waals surface area (Å²) in [6.07, 6.45) is 0. The predicted octanol–water partition coefficient (Wildman–Crippen LogP) is 3.88. The highest BCUT2D eigenvalue weighted by molar-refractivity contribution is 8.00. The lowest BCUT2D eigenvalue weighted by Crippen LogP contribution is -2.42. The van der Waals surface area contributed by atoms with E-state index in [9.17, 15) is 4.79 Å². The third kappa shape index (κ3) is 3.44. The minimum absolute atomic E-state index is 0.0858. The van der Waals surface area contributed by atoms with Gasteiger partial charge in [-0.3, -0.25) is 9.20 Å². The smallest absolute Gasteiger partial charge is 0.240 e. The Labute approximate surface area is 178 Å². The molecule has 0 spiro atoms. The van der Waals surface area contributed by atoms with E-state index in [0.29, 0.717) is 26.3 Å². The lowest BCUT2D eigenvalue weighted by atomic mass is 10.1. The summed E-state index contributed by atoms with van der Waals surface area (Å²) in [5, 5.41) is 10.3. The Morgan fingerprint density at radius 1 is 1.03 bits per heavy atom. The van der Waals surface area contributed by atoms with E-state index in [1.54, 1.807) is 0 Å². The molecular formula is C23H22N4O2S. The number of benzene rings is 2. The summed E-state index contributed by atoms with van der Waals surface area (Å²) in [6.45, 7) is 4.47. The van der Waals surface area contributed by atoms with Gasteiger partial charge < -0.3 is 9.64 Å². The van der Waals surface area contributed by atoms with Gasteiger partial charge in [-0.2, -0.15) is 0 Å². The number of amides is 1. The molecule has 0 saturated carbocycles. The summed E-state index contributed by atoms with van der Waals surface area (Å²) in [6, 6.07) is 20.2. The van der Waals surface area contributed by atoms with Gasteiger partial charge in [-0.1, -0.05) is 60.3 Å². The Kier molecular flexibility index (Phi) is 5.14. The number of morpholine rings is 1. The van der Waals surface area contributed by atoms with Crippen molar-refractivity contribution < 1.29 is 9.53 Å². The summed E-state index contributed by atoms with van der Waals surface area (Å²) in [5.41, 5.74) is 3.96. The van der Waals surface area contributed by atoms with E-state index in [4.69, 9.17) is 4.74 Å². The normalized spacial score (nSPS) is 15.6. The molecule has 1 aliphatic rings. The maximum atomic E-state index is 13.5. The van der Waals surface area contributed by atoms with E-state index in [2.05, 4.69) is 33.7 Å². The van der Waals surface area contributed by atoms with Crippen molar-refractivity contribution in [3.05, 3.63) is 71.8 Å². The number of carbonyl (C=O) groups is 1. The van der Waals surface area contributed by atoms with Gasteiger partial charge in [0.15, 0.2) is 10.8 Å².